The molecule has 30 heavy (non-hydrogen) atoms. The molecule has 0 aliphatic heterocycles. The first-order valence-electron chi connectivity index (χ1n) is 9.37. The summed E-state index contributed by atoms with van der Waals surface area (Å²) in [7, 11) is 3.14. The lowest BCUT2D eigenvalue weighted by molar-refractivity contribution is 0.239. The maximum atomic E-state index is 12.2. The standard InChI is InChI=1S/C20H24N6O4/c1-4-30-16-8-6-15(7-9-16)26-19(23-24-25-26)13-22-20(27)21-12-14-5-10-17(28-2)18(11-14)29-3/h5-11H,4,12-13H2,1-3H3,(H2,21,22,27). The Morgan fingerprint density at radius 3 is 2.43 bits per heavy atom. The summed E-state index contributed by atoms with van der Waals surface area (Å²) in [4.78, 5) is 12.2. The van der Waals surface area contributed by atoms with E-state index in [2.05, 4.69) is 26.2 Å². The Bertz CT molecular complexity index is 974. The van der Waals surface area contributed by atoms with Gasteiger partial charge in [-0.05, 0) is 59.3 Å². The van der Waals surface area contributed by atoms with Gasteiger partial charge in [0.1, 0.15) is 5.75 Å². The predicted octanol–water partition coefficient (Wildman–Crippen LogP) is 2.08. The first kappa shape index (κ1) is 20.9. The van der Waals surface area contributed by atoms with E-state index >= 15 is 0 Å². The average Bonchev–Trinajstić information content (AvgIpc) is 3.25. The van der Waals surface area contributed by atoms with Gasteiger partial charge in [-0.25, -0.2) is 4.79 Å². The number of amides is 2. The topological polar surface area (TPSA) is 112 Å². The fourth-order valence-electron chi connectivity index (χ4n) is 2.76. The van der Waals surface area contributed by atoms with Gasteiger partial charge in [0.25, 0.3) is 0 Å². The molecule has 158 valence electrons. The summed E-state index contributed by atoms with van der Waals surface area (Å²) < 4.78 is 17.5. The monoisotopic (exact) mass is 412 g/mol. The zero-order chi connectivity index (χ0) is 21.3. The van der Waals surface area contributed by atoms with E-state index in [4.69, 9.17) is 14.2 Å². The Morgan fingerprint density at radius 1 is 1.00 bits per heavy atom. The van der Waals surface area contributed by atoms with Crippen LogP contribution in [0.4, 0.5) is 4.79 Å². The number of benzene rings is 2. The second-order valence-electron chi connectivity index (χ2n) is 6.16. The maximum absolute atomic E-state index is 12.2. The van der Waals surface area contributed by atoms with E-state index in [0.717, 1.165) is 17.0 Å². The molecular weight excluding hydrogens is 388 g/mol. The lowest BCUT2D eigenvalue weighted by atomic mass is 10.2. The lowest BCUT2D eigenvalue weighted by Gasteiger charge is -2.11. The summed E-state index contributed by atoms with van der Waals surface area (Å²) >= 11 is 0. The number of nitrogens with zero attached hydrogens (tertiary/aromatic N) is 4. The van der Waals surface area contributed by atoms with Crippen LogP contribution < -0.4 is 24.8 Å². The summed E-state index contributed by atoms with van der Waals surface area (Å²) in [5.41, 5.74) is 1.65. The SMILES string of the molecule is CCOc1ccc(-n2nnnc2CNC(=O)NCc2ccc(OC)c(OC)c2)cc1. The van der Waals surface area contributed by atoms with Crippen LogP contribution in [0.3, 0.4) is 0 Å². The van der Waals surface area contributed by atoms with Crippen molar-refractivity contribution in [1.82, 2.24) is 30.8 Å². The Kier molecular flexibility index (Phi) is 7.04. The third-order valence-corrected chi connectivity index (χ3v) is 4.23. The van der Waals surface area contributed by atoms with Crippen molar-refractivity contribution in [3.8, 4) is 22.9 Å². The molecule has 3 rings (SSSR count). The number of methoxy groups -OCH3 is 2. The molecule has 1 aromatic heterocycles. The van der Waals surface area contributed by atoms with Gasteiger partial charge in [0, 0.05) is 6.54 Å². The van der Waals surface area contributed by atoms with E-state index in [1.165, 1.54) is 0 Å². The number of rotatable bonds is 9. The van der Waals surface area contributed by atoms with Crippen molar-refractivity contribution in [1.29, 1.82) is 0 Å². The molecule has 0 saturated carbocycles. The van der Waals surface area contributed by atoms with Crippen LogP contribution in [0.1, 0.15) is 18.3 Å². The molecule has 0 aliphatic rings. The van der Waals surface area contributed by atoms with Gasteiger partial charge in [-0.2, -0.15) is 4.68 Å². The Hall–Kier alpha value is -3.82. The highest BCUT2D eigenvalue weighted by molar-refractivity contribution is 5.73. The smallest absolute Gasteiger partial charge is 0.315 e. The van der Waals surface area contributed by atoms with Crippen molar-refractivity contribution >= 4 is 6.03 Å². The number of carbonyl (C=O) groups excluding carboxylic acids is 1. The van der Waals surface area contributed by atoms with Crippen LogP contribution in [-0.2, 0) is 13.1 Å². The molecule has 0 saturated heterocycles. The fraction of sp³-hybridized carbons (Fsp3) is 0.300. The van der Waals surface area contributed by atoms with Crippen LogP contribution in [-0.4, -0.2) is 47.1 Å². The van der Waals surface area contributed by atoms with Gasteiger partial charge >= 0.3 is 6.03 Å². The molecule has 2 amide bonds. The zero-order valence-corrected chi connectivity index (χ0v) is 17.1. The quantitative estimate of drug-likeness (QED) is 0.553. The number of aromatic nitrogens is 4. The van der Waals surface area contributed by atoms with Crippen molar-refractivity contribution < 1.29 is 19.0 Å². The van der Waals surface area contributed by atoms with E-state index in [-0.39, 0.29) is 12.6 Å². The largest absolute Gasteiger partial charge is 0.494 e. The van der Waals surface area contributed by atoms with Crippen LogP contribution in [0.15, 0.2) is 42.5 Å². The van der Waals surface area contributed by atoms with E-state index in [1.54, 1.807) is 25.0 Å². The zero-order valence-electron chi connectivity index (χ0n) is 17.1. The van der Waals surface area contributed by atoms with Crippen molar-refractivity contribution in [3.63, 3.8) is 0 Å². The maximum Gasteiger partial charge on any atom is 0.315 e. The molecule has 2 N–H and O–H groups in total. The normalized spacial score (nSPS) is 10.4. The molecule has 0 spiro atoms. The van der Waals surface area contributed by atoms with Crippen LogP contribution in [0.5, 0.6) is 17.2 Å². The van der Waals surface area contributed by atoms with Crippen molar-refractivity contribution in [3.05, 3.63) is 53.9 Å². The van der Waals surface area contributed by atoms with Gasteiger partial charge in [-0.3, -0.25) is 0 Å². The van der Waals surface area contributed by atoms with Gasteiger partial charge in [0.2, 0.25) is 0 Å². The Balaban J connectivity index is 1.55. The molecule has 10 heteroatoms. The number of urea groups is 1. The number of nitrogens with one attached hydrogen (secondary N) is 2. The molecule has 2 aromatic carbocycles. The van der Waals surface area contributed by atoms with Crippen LogP contribution in [0, 0.1) is 0 Å². The summed E-state index contributed by atoms with van der Waals surface area (Å²) in [5, 5.41) is 17.2. The molecule has 10 nitrogen and oxygen atoms in total. The molecule has 0 bridgehead atoms. The van der Waals surface area contributed by atoms with Crippen LogP contribution >= 0.6 is 0 Å². The average molecular weight is 412 g/mol. The molecule has 0 atom stereocenters. The second kappa shape index (κ2) is 10.1. The van der Waals surface area contributed by atoms with E-state index in [0.29, 0.717) is 30.5 Å². The van der Waals surface area contributed by atoms with Gasteiger partial charge < -0.3 is 24.8 Å². The molecule has 0 unspecified atom stereocenters. The third-order valence-electron chi connectivity index (χ3n) is 4.23. The van der Waals surface area contributed by atoms with Crippen LogP contribution in [0.25, 0.3) is 5.69 Å². The van der Waals surface area contributed by atoms with Crippen molar-refractivity contribution in [2.24, 2.45) is 0 Å². The molecule has 3 aromatic rings. The Labute approximate surface area is 174 Å². The fourth-order valence-corrected chi connectivity index (χ4v) is 2.76. The third kappa shape index (κ3) is 5.16. The van der Waals surface area contributed by atoms with Crippen molar-refractivity contribution in [2.75, 3.05) is 20.8 Å². The van der Waals surface area contributed by atoms with Gasteiger partial charge in [-0.1, -0.05) is 6.07 Å². The number of carbonyl (C=O) groups is 1. The first-order chi connectivity index (χ1) is 14.6. The molecule has 1 heterocycles. The highest BCUT2D eigenvalue weighted by Crippen LogP contribution is 2.27. The summed E-state index contributed by atoms with van der Waals surface area (Å²) in [6.45, 7) is 3.01. The summed E-state index contributed by atoms with van der Waals surface area (Å²) in [5.74, 6) is 2.50. The first-order valence-corrected chi connectivity index (χ1v) is 9.37. The van der Waals surface area contributed by atoms with Crippen LogP contribution in [0.2, 0.25) is 0 Å². The molecule has 0 fully saturated rings. The highest BCUT2D eigenvalue weighted by Gasteiger charge is 2.11. The molecule has 0 radical (unpaired) electrons. The molecular formula is C20H24N6O4. The summed E-state index contributed by atoms with van der Waals surface area (Å²) in [6, 6.07) is 12.5. The molecule has 0 aliphatic carbocycles. The van der Waals surface area contributed by atoms with E-state index in [9.17, 15) is 4.79 Å². The minimum absolute atomic E-state index is 0.165. The van der Waals surface area contributed by atoms with E-state index in [1.807, 2.05) is 43.3 Å². The minimum atomic E-state index is -0.342. The number of ether oxygens (including phenoxy) is 3. The second-order valence-corrected chi connectivity index (χ2v) is 6.16. The highest BCUT2D eigenvalue weighted by atomic mass is 16.5. The minimum Gasteiger partial charge on any atom is -0.494 e. The van der Waals surface area contributed by atoms with Gasteiger partial charge in [0.15, 0.2) is 17.3 Å². The number of hydrogen-bond acceptors (Lipinski definition) is 7. The summed E-state index contributed by atoms with van der Waals surface area (Å²) in [6.07, 6.45) is 0. The van der Waals surface area contributed by atoms with Crippen molar-refractivity contribution in [2.45, 2.75) is 20.0 Å². The van der Waals surface area contributed by atoms with Gasteiger partial charge in [-0.15, -0.1) is 5.10 Å². The van der Waals surface area contributed by atoms with E-state index < -0.39 is 0 Å². The number of hydrogen-bond donors (Lipinski definition) is 2. The number of tetrazole rings is 1. The predicted molar refractivity (Wildman–Crippen MR) is 109 cm³/mol. The lowest BCUT2D eigenvalue weighted by Crippen LogP contribution is -2.35. The Morgan fingerprint density at radius 2 is 1.73 bits per heavy atom. The van der Waals surface area contributed by atoms with Gasteiger partial charge in [0.05, 0.1) is 33.1 Å².